The third kappa shape index (κ3) is 9.00. The zero-order valence-electron chi connectivity index (χ0n) is 24.1. The zero-order valence-corrected chi connectivity index (χ0v) is 24.1. The van der Waals surface area contributed by atoms with E-state index >= 15 is 0 Å². The van der Waals surface area contributed by atoms with Crippen LogP contribution < -0.4 is 0 Å². The van der Waals surface area contributed by atoms with Gasteiger partial charge in [0.2, 0.25) is 0 Å². The van der Waals surface area contributed by atoms with Gasteiger partial charge in [-0.25, -0.2) is 0 Å². The fourth-order valence-electron chi connectivity index (χ4n) is 5.36. The largest absolute Gasteiger partial charge is 0.349 e. The molecule has 2 aromatic rings. The lowest BCUT2D eigenvalue weighted by Gasteiger charge is -2.31. The molecule has 6 heteroatoms. The molecule has 40 heavy (non-hydrogen) atoms. The van der Waals surface area contributed by atoms with Crippen LogP contribution in [-0.2, 0) is 16.1 Å². The number of nitrogens with zero attached hydrogens (tertiary/aromatic N) is 2. The first-order valence-electron chi connectivity index (χ1n) is 15.0. The number of unbranched alkanes of at least 4 members (excludes halogenated alkanes) is 8. The molecule has 0 aromatic heterocycles. The number of rotatable bonds is 18. The SMILES string of the molecule is CCCCCCCC(=O)C1=CN(Cc2ccccc2)C=C(C(=O)CCCCCCC)C1c1ccccc1[N+](=O)[O-]. The summed E-state index contributed by atoms with van der Waals surface area (Å²) in [7, 11) is 0. The minimum Gasteiger partial charge on any atom is -0.349 e. The van der Waals surface area contributed by atoms with Gasteiger partial charge in [0.05, 0.1) is 10.8 Å². The molecule has 0 fully saturated rings. The summed E-state index contributed by atoms with van der Waals surface area (Å²) in [6.45, 7) is 4.82. The molecule has 1 heterocycles. The van der Waals surface area contributed by atoms with Gasteiger partial charge < -0.3 is 4.90 Å². The van der Waals surface area contributed by atoms with Gasteiger partial charge in [-0.2, -0.15) is 0 Å². The minimum atomic E-state index is -0.750. The number of para-hydroxylation sites is 1. The molecule has 0 unspecified atom stereocenters. The lowest BCUT2D eigenvalue weighted by Crippen LogP contribution is -2.28. The number of hydrogen-bond acceptors (Lipinski definition) is 5. The Morgan fingerprint density at radius 3 is 1.75 bits per heavy atom. The predicted octanol–water partition coefficient (Wildman–Crippen LogP) is 8.82. The summed E-state index contributed by atoms with van der Waals surface area (Å²) in [5.41, 5.74) is 2.34. The maximum absolute atomic E-state index is 13.8. The van der Waals surface area contributed by atoms with E-state index in [9.17, 15) is 19.7 Å². The smallest absolute Gasteiger partial charge is 0.273 e. The summed E-state index contributed by atoms with van der Waals surface area (Å²) in [4.78, 5) is 41.1. The summed E-state index contributed by atoms with van der Waals surface area (Å²) in [5, 5.41) is 12.1. The maximum Gasteiger partial charge on any atom is 0.273 e. The van der Waals surface area contributed by atoms with Crippen molar-refractivity contribution in [3.05, 3.63) is 99.4 Å². The van der Waals surface area contributed by atoms with Crippen LogP contribution in [0.5, 0.6) is 0 Å². The van der Waals surface area contributed by atoms with Crippen LogP contribution in [-0.4, -0.2) is 21.4 Å². The normalized spacial score (nSPS) is 13.6. The van der Waals surface area contributed by atoms with Crippen molar-refractivity contribution in [3.8, 4) is 0 Å². The summed E-state index contributed by atoms with van der Waals surface area (Å²) < 4.78 is 0. The monoisotopic (exact) mass is 544 g/mol. The molecule has 0 saturated carbocycles. The van der Waals surface area contributed by atoms with Crippen LogP contribution >= 0.6 is 0 Å². The zero-order chi connectivity index (χ0) is 28.7. The van der Waals surface area contributed by atoms with Gasteiger partial charge in [0.25, 0.3) is 5.69 Å². The topological polar surface area (TPSA) is 80.5 Å². The number of hydrogen-bond donors (Lipinski definition) is 0. The van der Waals surface area contributed by atoms with E-state index in [2.05, 4.69) is 13.8 Å². The molecule has 2 aromatic carbocycles. The molecule has 0 N–H and O–H groups in total. The van der Waals surface area contributed by atoms with E-state index in [1.54, 1.807) is 18.2 Å². The molecule has 214 valence electrons. The second kappa shape index (κ2) is 16.5. The molecule has 0 aliphatic carbocycles. The summed E-state index contributed by atoms with van der Waals surface area (Å²) in [6, 6.07) is 16.5. The molecule has 0 atom stereocenters. The van der Waals surface area contributed by atoms with E-state index < -0.39 is 10.8 Å². The molecule has 0 saturated heterocycles. The summed E-state index contributed by atoms with van der Waals surface area (Å²) in [6.07, 6.45) is 14.5. The molecule has 0 radical (unpaired) electrons. The van der Waals surface area contributed by atoms with Crippen molar-refractivity contribution in [3.63, 3.8) is 0 Å². The van der Waals surface area contributed by atoms with Crippen molar-refractivity contribution in [2.75, 3.05) is 0 Å². The van der Waals surface area contributed by atoms with E-state index in [-0.39, 0.29) is 17.3 Å². The molecule has 0 bridgehead atoms. The molecule has 1 aliphatic rings. The fraction of sp³-hybridized carbons (Fsp3) is 0.471. The summed E-state index contributed by atoms with van der Waals surface area (Å²) >= 11 is 0. The highest BCUT2D eigenvalue weighted by atomic mass is 16.6. The molecule has 0 spiro atoms. The number of nitro benzene ring substituents is 1. The average molecular weight is 545 g/mol. The highest BCUT2D eigenvalue weighted by molar-refractivity contribution is 6.04. The molecule has 1 aliphatic heterocycles. The van der Waals surface area contributed by atoms with Crippen molar-refractivity contribution >= 4 is 17.3 Å². The van der Waals surface area contributed by atoms with Gasteiger partial charge in [-0.15, -0.1) is 0 Å². The molecule has 6 nitrogen and oxygen atoms in total. The molecular weight excluding hydrogens is 500 g/mol. The van der Waals surface area contributed by atoms with Gasteiger partial charge in [0.1, 0.15) is 0 Å². The Kier molecular flexibility index (Phi) is 12.8. The van der Waals surface area contributed by atoms with Gasteiger partial charge >= 0.3 is 0 Å². The second-order valence-electron chi connectivity index (χ2n) is 10.8. The maximum atomic E-state index is 13.8. The highest BCUT2D eigenvalue weighted by Crippen LogP contribution is 2.42. The van der Waals surface area contributed by atoms with E-state index in [0.29, 0.717) is 36.1 Å². The first-order valence-corrected chi connectivity index (χ1v) is 15.0. The van der Waals surface area contributed by atoms with E-state index in [1.807, 2.05) is 47.6 Å². The van der Waals surface area contributed by atoms with Crippen LogP contribution in [0, 0.1) is 10.1 Å². The quantitative estimate of drug-likeness (QED) is 0.106. The molecule has 0 amide bonds. The lowest BCUT2D eigenvalue weighted by atomic mass is 9.77. The van der Waals surface area contributed by atoms with Crippen LogP contribution in [0.15, 0.2) is 78.1 Å². The first kappa shape index (κ1) is 31.0. The predicted molar refractivity (Wildman–Crippen MR) is 161 cm³/mol. The van der Waals surface area contributed by atoms with Crippen molar-refractivity contribution < 1.29 is 14.5 Å². The Bertz CT molecular complexity index is 1140. The number of carbonyl (C=O) groups excluding carboxylic acids is 2. The highest BCUT2D eigenvalue weighted by Gasteiger charge is 2.36. The first-order chi connectivity index (χ1) is 19.5. The van der Waals surface area contributed by atoms with Crippen LogP contribution in [0.1, 0.15) is 108 Å². The summed E-state index contributed by atoms with van der Waals surface area (Å²) in [5.74, 6) is -0.835. The van der Waals surface area contributed by atoms with Gasteiger partial charge in [-0.1, -0.05) is 114 Å². The Balaban J connectivity index is 2.00. The molecule has 3 rings (SSSR count). The number of ketones is 2. The molecular formula is C34H44N2O4. The van der Waals surface area contributed by atoms with E-state index in [1.165, 1.54) is 6.07 Å². The fourth-order valence-corrected chi connectivity index (χ4v) is 5.36. The Morgan fingerprint density at radius 2 is 1.23 bits per heavy atom. The Labute approximate surface area is 239 Å². The third-order valence-corrected chi connectivity index (χ3v) is 7.54. The van der Waals surface area contributed by atoms with Crippen molar-refractivity contribution in [2.45, 2.75) is 103 Å². The third-order valence-electron chi connectivity index (χ3n) is 7.54. The van der Waals surface area contributed by atoms with Crippen molar-refractivity contribution in [1.29, 1.82) is 0 Å². The number of Topliss-reactive ketones (excluding diaryl/α,β-unsaturated/α-hetero) is 2. The van der Waals surface area contributed by atoms with Crippen molar-refractivity contribution in [2.24, 2.45) is 0 Å². The van der Waals surface area contributed by atoms with Gasteiger partial charge in [-0.3, -0.25) is 19.7 Å². The van der Waals surface area contributed by atoms with Crippen LogP contribution in [0.3, 0.4) is 0 Å². The van der Waals surface area contributed by atoms with Gasteiger partial charge in [-0.05, 0) is 18.4 Å². The van der Waals surface area contributed by atoms with Crippen LogP contribution in [0.25, 0.3) is 0 Å². The number of benzene rings is 2. The van der Waals surface area contributed by atoms with E-state index in [0.717, 1.165) is 69.8 Å². The standard InChI is InChI=1S/C34H44N2O4/c1-3-5-7-9-14-22-32(37)29-25-35(24-27-18-12-11-13-19-27)26-30(33(38)23-15-10-8-6-4-2)34(29)28-20-16-17-21-31(28)36(39)40/h11-13,16-21,25-26,34H,3-10,14-15,22-24H2,1-2H3. The Morgan fingerprint density at radius 1 is 0.725 bits per heavy atom. The van der Waals surface area contributed by atoms with Crippen LogP contribution in [0.4, 0.5) is 5.69 Å². The van der Waals surface area contributed by atoms with E-state index in [4.69, 9.17) is 0 Å². The number of carbonyl (C=O) groups is 2. The number of nitro groups is 1. The van der Waals surface area contributed by atoms with Gasteiger partial charge in [0, 0.05) is 54.6 Å². The van der Waals surface area contributed by atoms with Crippen molar-refractivity contribution in [1.82, 2.24) is 4.90 Å². The lowest BCUT2D eigenvalue weighted by molar-refractivity contribution is -0.385. The van der Waals surface area contributed by atoms with Crippen LogP contribution in [0.2, 0.25) is 0 Å². The second-order valence-corrected chi connectivity index (χ2v) is 10.8. The minimum absolute atomic E-state index is 0.0425. The number of allylic oxidation sites excluding steroid dienone is 2. The Hall–Kier alpha value is -3.54. The average Bonchev–Trinajstić information content (AvgIpc) is 2.96. The van der Waals surface area contributed by atoms with Gasteiger partial charge in [0.15, 0.2) is 11.6 Å².